The fourth-order valence-electron chi connectivity index (χ4n) is 2.99. The van der Waals surface area contributed by atoms with Crippen LogP contribution in [0.1, 0.15) is 41.0 Å². The highest BCUT2D eigenvalue weighted by atomic mass is 16.7. The lowest BCUT2D eigenvalue weighted by molar-refractivity contribution is -0.169. The van der Waals surface area contributed by atoms with Gasteiger partial charge in [0.2, 0.25) is 5.43 Å². The summed E-state index contributed by atoms with van der Waals surface area (Å²) in [5, 5.41) is 2.50. The van der Waals surface area contributed by atoms with Crippen molar-refractivity contribution in [2.45, 2.75) is 38.8 Å². The molecule has 0 spiro atoms. The van der Waals surface area contributed by atoms with Crippen LogP contribution in [0.5, 0.6) is 5.75 Å². The number of benzene rings is 1. The first-order chi connectivity index (χ1) is 13.6. The second-order valence-electron chi connectivity index (χ2n) is 6.51. The molecule has 1 aromatic carbocycles. The van der Waals surface area contributed by atoms with Crippen molar-refractivity contribution in [3.63, 3.8) is 0 Å². The summed E-state index contributed by atoms with van der Waals surface area (Å²) in [7, 11) is 1.47. The first kappa shape index (κ1) is 19.9. The molecule has 8 heteroatoms. The lowest BCUT2D eigenvalue weighted by Gasteiger charge is -2.23. The van der Waals surface area contributed by atoms with E-state index in [1.165, 1.54) is 13.1 Å². The zero-order chi connectivity index (χ0) is 19.9. The number of nitrogens with one attached hydrogen (secondary N) is 1. The van der Waals surface area contributed by atoms with Crippen LogP contribution in [0.4, 0.5) is 0 Å². The van der Waals surface area contributed by atoms with Gasteiger partial charge < -0.3 is 25.4 Å². The Morgan fingerprint density at radius 1 is 1.29 bits per heavy atom. The lowest BCUT2D eigenvalue weighted by Crippen LogP contribution is -2.33. The number of nitrogens with zero attached hydrogens (tertiary/aromatic N) is 1. The summed E-state index contributed by atoms with van der Waals surface area (Å²) in [6.07, 6.45) is 2.49. The molecule has 0 radical (unpaired) electrons. The summed E-state index contributed by atoms with van der Waals surface area (Å²) >= 11 is 0. The molecule has 2 heterocycles. The number of hydrogen-bond donors (Lipinski definition) is 2. The number of ether oxygens (including phenoxy) is 3. The number of aromatic nitrogens is 1. The Morgan fingerprint density at radius 3 is 2.75 bits per heavy atom. The van der Waals surface area contributed by atoms with Crippen LogP contribution in [-0.2, 0) is 22.7 Å². The molecule has 0 saturated carbocycles. The molecule has 1 atom stereocenters. The van der Waals surface area contributed by atoms with E-state index in [1.807, 2.05) is 30.3 Å². The van der Waals surface area contributed by atoms with Gasteiger partial charge in [0.05, 0.1) is 12.3 Å². The minimum Gasteiger partial charge on any atom is -0.482 e. The third kappa shape index (κ3) is 4.71. The smallest absolute Gasteiger partial charge is 0.273 e. The molecule has 1 aliphatic rings. The zero-order valence-electron chi connectivity index (χ0n) is 15.8. The first-order valence-electron chi connectivity index (χ1n) is 9.26. The van der Waals surface area contributed by atoms with Gasteiger partial charge in [-0.25, -0.2) is 0 Å². The second kappa shape index (κ2) is 9.38. The summed E-state index contributed by atoms with van der Waals surface area (Å²) in [6.45, 7) is 0.848. The van der Waals surface area contributed by atoms with Gasteiger partial charge in [0, 0.05) is 19.7 Å². The van der Waals surface area contributed by atoms with Gasteiger partial charge in [0.15, 0.2) is 17.7 Å². The molecule has 150 valence electrons. The summed E-state index contributed by atoms with van der Waals surface area (Å²) < 4.78 is 18.0. The molecule has 1 saturated heterocycles. The molecule has 3 rings (SSSR count). The van der Waals surface area contributed by atoms with E-state index >= 15 is 0 Å². The maximum Gasteiger partial charge on any atom is 0.273 e. The van der Waals surface area contributed by atoms with E-state index in [0.717, 1.165) is 29.5 Å². The molecule has 1 aliphatic heterocycles. The quantitative estimate of drug-likeness (QED) is 0.699. The van der Waals surface area contributed by atoms with Crippen LogP contribution in [0.3, 0.4) is 0 Å². The molecule has 8 nitrogen and oxygen atoms in total. The number of carbonyl (C=O) groups is 1. The minimum absolute atomic E-state index is 0.0471. The van der Waals surface area contributed by atoms with Crippen molar-refractivity contribution in [2.24, 2.45) is 0 Å². The maximum atomic E-state index is 12.6. The van der Waals surface area contributed by atoms with Gasteiger partial charge >= 0.3 is 0 Å². The fourth-order valence-corrected chi connectivity index (χ4v) is 2.99. The van der Waals surface area contributed by atoms with Gasteiger partial charge in [0.25, 0.3) is 5.91 Å². The van der Waals surface area contributed by atoms with E-state index in [0.29, 0.717) is 12.3 Å². The summed E-state index contributed by atoms with van der Waals surface area (Å²) in [6, 6.07) is 10.7. The van der Waals surface area contributed by atoms with Crippen LogP contribution in [0.15, 0.2) is 41.2 Å². The van der Waals surface area contributed by atoms with Crippen molar-refractivity contribution >= 4 is 5.91 Å². The number of pyridine rings is 1. The molecule has 1 aromatic heterocycles. The Bertz CT molecular complexity index is 860. The Morgan fingerprint density at radius 2 is 2.07 bits per heavy atom. The Kier molecular flexibility index (Phi) is 6.67. The van der Waals surface area contributed by atoms with Crippen LogP contribution in [0, 0.1) is 0 Å². The topological polar surface area (TPSA) is 105 Å². The third-order valence-corrected chi connectivity index (χ3v) is 4.51. The number of amides is 1. The molecule has 3 N–H and O–H groups in total. The van der Waals surface area contributed by atoms with E-state index in [-0.39, 0.29) is 30.9 Å². The highest BCUT2D eigenvalue weighted by molar-refractivity contribution is 5.95. The highest BCUT2D eigenvalue weighted by Gasteiger charge is 2.23. The average Bonchev–Trinajstić information content (AvgIpc) is 2.74. The van der Waals surface area contributed by atoms with Gasteiger partial charge in [-0.2, -0.15) is 0 Å². The van der Waals surface area contributed by atoms with Crippen molar-refractivity contribution in [2.75, 3.05) is 19.5 Å². The van der Waals surface area contributed by atoms with Crippen molar-refractivity contribution in [1.29, 1.82) is 0 Å². The average molecular weight is 387 g/mol. The lowest BCUT2D eigenvalue weighted by atomic mass is 10.2. The number of nitrogens with two attached hydrogens (primary N) is 1. The van der Waals surface area contributed by atoms with E-state index in [1.54, 1.807) is 0 Å². The molecule has 28 heavy (non-hydrogen) atoms. The molecule has 0 aliphatic carbocycles. The van der Waals surface area contributed by atoms with E-state index in [2.05, 4.69) is 5.32 Å². The predicted octanol–water partition coefficient (Wildman–Crippen LogP) is 1.54. The van der Waals surface area contributed by atoms with Gasteiger partial charge in [-0.15, -0.1) is 0 Å². The number of nitrogen functional groups attached to an aromatic ring is 1. The maximum absolute atomic E-state index is 12.6. The Balaban J connectivity index is 1.83. The van der Waals surface area contributed by atoms with Gasteiger partial charge in [-0.05, 0) is 24.8 Å². The van der Waals surface area contributed by atoms with Crippen molar-refractivity contribution in [1.82, 2.24) is 9.99 Å². The zero-order valence-corrected chi connectivity index (χ0v) is 15.8. The third-order valence-electron chi connectivity index (χ3n) is 4.51. The summed E-state index contributed by atoms with van der Waals surface area (Å²) in [5.74, 6) is 5.52. The highest BCUT2D eigenvalue weighted by Crippen LogP contribution is 2.19. The number of hydrogen-bond acceptors (Lipinski definition) is 6. The molecule has 2 aromatic rings. The fraction of sp³-hybridized carbons (Fsp3) is 0.400. The minimum atomic E-state index is -0.515. The van der Waals surface area contributed by atoms with Gasteiger partial charge in [0.1, 0.15) is 6.61 Å². The van der Waals surface area contributed by atoms with Gasteiger partial charge in [-0.3, -0.25) is 14.3 Å². The molecule has 0 bridgehead atoms. The molecular weight excluding hydrogens is 362 g/mol. The second-order valence-corrected chi connectivity index (χ2v) is 6.51. The van der Waals surface area contributed by atoms with Crippen LogP contribution in [-0.4, -0.2) is 30.5 Å². The molecular formula is C20H25N3O5. The van der Waals surface area contributed by atoms with E-state index in [4.69, 9.17) is 20.1 Å². The van der Waals surface area contributed by atoms with Crippen molar-refractivity contribution in [3.05, 3.63) is 63.6 Å². The summed E-state index contributed by atoms with van der Waals surface area (Å²) in [5.41, 5.74) is 0.758. The van der Waals surface area contributed by atoms with E-state index in [9.17, 15) is 9.59 Å². The van der Waals surface area contributed by atoms with Crippen LogP contribution in [0.2, 0.25) is 0 Å². The van der Waals surface area contributed by atoms with Crippen LogP contribution in [0.25, 0.3) is 0 Å². The standard InChI is InChI=1S/C20H25N3O5/c1-22-20(25)18-19(28-12-14-7-3-2-4-8-14)16(24)11-15(23(18)21)13-27-17-9-5-6-10-26-17/h2-4,7-8,11,17H,5-6,9-10,12-13,21H2,1H3,(H,22,25). The molecule has 1 unspecified atom stereocenters. The first-order valence-corrected chi connectivity index (χ1v) is 9.26. The monoisotopic (exact) mass is 387 g/mol. The number of rotatable bonds is 7. The van der Waals surface area contributed by atoms with Gasteiger partial charge in [-0.1, -0.05) is 30.3 Å². The van der Waals surface area contributed by atoms with Crippen LogP contribution < -0.4 is 21.3 Å². The summed E-state index contributed by atoms with van der Waals surface area (Å²) in [4.78, 5) is 25.0. The Hall–Kier alpha value is -2.84. The molecule has 1 amide bonds. The number of carbonyl (C=O) groups excluding carboxylic acids is 1. The van der Waals surface area contributed by atoms with E-state index < -0.39 is 11.3 Å². The predicted molar refractivity (Wildman–Crippen MR) is 103 cm³/mol. The molecule has 1 fully saturated rings. The SMILES string of the molecule is CNC(=O)c1c(OCc2ccccc2)c(=O)cc(COC2CCCCO2)n1N. The normalized spacial score (nSPS) is 16.5. The Labute approximate surface area is 163 Å². The van der Waals surface area contributed by atoms with Crippen molar-refractivity contribution < 1.29 is 19.0 Å². The van der Waals surface area contributed by atoms with Crippen molar-refractivity contribution in [3.8, 4) is 5.75 Å². The van der Waals surface area contributed by atoms with Crippen LogP contribution >= 0.6 is 0 Å². The largest absolute Gasteiger partial charge is 0.482 e.